The second-order valence-corrected chi connectivity index (χ2v) is 6.41. The lowest BCUT2D eigenvalue weighted by atomic mass is 10.1. The minimum atomic E-state index is -1.05. The van der Waals surface area contributed by atoms with E-state index in [1.54, 1.807) is 14.0 Å². The summed E-state index contributed by atoms with van der Waals surface area (Å²) in [6.45, 7) is 2.39. The number of amides is 2. The van der Waals surface area contributed by atoms with Crippen molar-refractivity contribution in [2.24, 2.45) is 0 Å². The van der Waals surface area contributed by atoms with Gasteiger partial charge in [0.15, 0.2) is 0 Å². The molecular formula is C17H22N2O3S. The Bertz CT molecular complexity index is 609. The normalized spacial score (nSPS) is 13.2. The van der Waals surface area contributed by atoms with E-state index in [9.17, 15) is 9.90 Å². The highest BCUT2D eigenvalue weighted by atomic mass is 32.1. The monoisotopic (exact) mass is 334 g/mol. The van der Waals surface area contributed by atoms with Crippen LogP contribution in [0.4, 0.5) is 4.79 Å². The number of carbonyl (C=O) groups is 1. The summed E-state index contributed by atoms with van der Waals surface area (Å²) in [5.74, 6) is 0.815. The van der Waals surface area contributed by atoms with Crippen LogP contribution < -0.4 is 15.4 Å². The van der Waals surface area contributed by atoms with Crippen molar-refractivity contribution in [3.05, 3.63) is 52.2 Å². The number of urea groups is 1. The molecule has 1 aromatic carbocycles. The van der Waals surface area contributed by atoms with E-state index in [0.717, 1.165) is 22.6 Å². The van der Waals surface area contributed by atoms with Gasteiger partial charge < -0.3 is 20.5 Å². The van der Waals surface area contributed by atoms with Gasteiger partial charge >= 0.3 is 6.03 Å². The fourth-order valence-electron chi connectivity index (χ4n) is 2.10. The number of nitrogens with one attached hydrogen (secondary N) is 2. The van der Waals surface area contributed by atoms with Crippen molar-refractivity contribution in [2.45, 2.75) is 18.9 Å². The molecule has 2 amide bonds. The van der Waals surface area contributed by atoms with E-state index in [-0.39, 0.29) is 12.6 Å². The third kappa shape index (κ3) is 5.26. The molecule has 6 heteroatoms. The number of hydrogen-bond donors (Lipinski definition) is 3. The van der Waals surface area contributed by atoms with Crippen molar-refractivity contribution in [3.63, 3.8) is 0 Å². The van der Waals surface area contributed by atoms with E-state index in [1.165, 1.54) is 11.3 Å². The smallest absolute Gasteiger partial charge is 0.314 e. The van der Waals surface area contributed by atoms with Crippen LogP contribution in [-0.4, -0.2) is 31.3 Å². The van der Waals surface area contributed by atoms with Gasteiger partial charge in [-0.1, -0.05) is 18.2 Å². The van der Waals surface area contributed by atoms with Crippen molar-refractivity contribution in [1.82, 2.24) is 10.6 Å². The maximum atomic E-state index is 11.8. The molecule has 1 atom stereocenters. The molecule has 0 radical (unpaired) electrons. The fourth-order valence-corrected chi connectivity index (χ4v) is 2.89. The quantitative estimate of drug-likeness (QED) is 0.728. The third-order valence-electron chi connectivity index (χ3n) is 3.50. The SMILES string of the molecule is COc1ccc(CCNC(=O)NCC(C)(O)c2cccs2)cc1. The summed E-state index contributed by atoms with van der Waals surface area (Å²) in [7, 11) is 1.63. The van der Waals surface area contributed by atoms with Crippen LogP contribution in [0, 0.1) is 0 Å². The molecule has 23 heavy (non-hydrogen) atoms. The summed E-state index contributed by atoms with van der Waals surface area (Å²) < 4.78 is 5.10. The van der Waals surface area contributed by atoms with Gasteiger partial charge in [0.1, 0.15) is 11.4 Å². The molecule has 0 aliphatic carbocycles. The van der Waals surface area contributed by atoms with Crippen LogP contribution in [0.2, 0.25) is 0 Å². The summed E-state index contributed by atoms with van der Waals surface area (Å²) in [5.41, 5.74) is 0.0679. The van der Waals surface area contributed by atoms with Gasteiger partial charge in [-0.2, -0.15) is 0 Å². The molecule has 0 saturated carbocycles. The van der Waals surface area contributed by atoms with Gasteiger partial charge in [0.25, 0.3) is 0 Å². The Morgan fingerprint density at radius 1 is 1.26 bits per heavy atom. The largest absolute Gasteiger partial charge is 0.497 e. The average molecular weight is 334 g/mol. The van der Waals surface area contributed by atoms with Crippen molar-refractivity contribution < 1.29 is 14.6 Å². The van der Waals surface area contributed by atoms with Gasteiger partial charge in [-0.05, 0) is 42.5 Å². The summed E-state index contributed by atoms with van der Waals surface area (Å²) in [6.07, 6.45) is 0.735. The van der Waals surface area contributed by atoms with Gasteiger partial charge in [-0.25, -0.2) is 4.79 Å². The highest BCUT2D eigenvalue weighted by Gasteiger charge is 2.24. The molecule has 1 heterocycles. The number of methoxy groups -OCH3 is 1. The van der Waals surface area contributed by atoms with Crippen molar-refractivity contribution in [3.8, 4) is 5.75 Å². The first-order valence-corrected chi connectivity index (χ1v) is 8.30. The Morgan fingerprint density at radius 2 is 2.00 bits per heavy atom. The van der Waals surface area contributed by atoms with Crippen LogP contribution in [0.1, 0.15) is 17.4 Å². The zero-order valence-electron chi connectivity index (χ0n) is 13.3. The molecule has 2 aromatic rings. The lowest BCUT2D eigenvalue weighted by Crippen LogP contribution is -2.43. The van der Waals surface area contributed by atoms with Crippen LogP contribution in [0.5, 0.6) is 5.75 Å². The molecule has 1 aromatic heterocycles. The average Bonchev–Trinajstić information content (AvgIpc) is 3.09. The number of aliphatic hydroxyl groups is 1. The van der Waals surface area contributed by atoms with Crippen molar-refractivity contribution >= 4 is 17.4 Å². The van der Waals surface area contributed by atoms with Crippen LogP contribution >= 0.6 is 11.3 Å². The second kappa shape index (κ2) is 7.99. The predicted octanol–water partition coefficient (Wildman–Crippen LogP) is 2.51. The molecule has 2 rings (SSSR count). The molecule has 5 nitrogen and oxygen atoms in total. The number of benzene rings is 1. The van der Waals surface area contributed by atoms with Crippen LogP contribution in [0.25, 0.3) is 0 Å². The highest BCUT2D eigenvalue weighted by molar-refractivity contribution is 7.10. The molecule has 3 N–H and O–H groups in total. The van der Waals surface area contributed by atoms with E-state index in [2.05, 4.69) is 10.6 Å². The fraction of sp³-hybridized carbons (Fsp3) is 0.353. The van der Waals surface area contributed by atoms with Crippen LogP contribution in [0.3, 0.4) is 0 Å². The van der Waals surface area contributed by atoms with Crippen molar-refractivity contribution in [1.29, 1.82) is 0 Å². The Morgan fingerprint density at radius 3 is 2.61 bits per heavy atom. The minimum Gasteiger partial charge on any atom is -0.497 e. The number of hydrogen-bond acceptors (Lipinski definition) is 4. The van der Waals surface area contributed by atoms with E-state index >= 15 is 0 Å². The molecule has 0 fully saturated rings. The first-order chi connectivity index (χ1) is 11.0. The maximum Gasteiger partial charge on any atom is 0.314 e. The predicted molar refractivity (Wildman–Crippen MR) is 92.0 cm³/mol. The van der Waals surface area contributed by atoms with Gasteiger partial charge in [-0.15, -0.1) is 11.3 Å². The zero-order valence-corrected chi connectivity index (χ0v) is 14.2. The number of carbonyl (C=O) groups excluding carboxylic acids is 1. The molecule has 0 bridgehead atoms. The topological polar surface area (TPSA) is 70.6 Å². The number of rotatable bonds is 7. The summed E-state index contributed by atoms with van der Waals surface area (Å²) in [6, 6.07) is 11.2. The minimum absolute atomic E-state index is 0.169. The van der Waals surface area contributed by atoms with E-state index in [4.69, 9.17) is 4.74 Å². The molecule has 124 valence electrons. The number of thiophene rings is 1. The Balaban J connectivity index is 1.70. The Labute approximate surface area is 140 Å². The molecule has 0 saturated heterocycles. The lowest BCUT2D eigenvalue weighted by molar-refractivity contribution is 0.0631. The first kappa shape index (κ1) is 17.3. The van der Waals surface area contributed by atoms with E-state index < -0.39 is 5.60 Å². The maximum absolute atomic E-state index is 11.8. The third-order valence-corrected chi connectivity index (χ3v) is 4.63. The Hall–Kier alpha value is -2.05. The van der Waals surface area contributed by atoms with E-state index in [1.807, 2.05) is 41.8 Å². The van der Waals surface area contributed by atoms with Gasteiger partial charge in [0.2, 0.25) is 0 Å². The van der Waals surface area contributed by atoms with Gasteiger partial charge in [0.05, 0.1) is 13.7 Å². The van der Waals surface area contributed by atoms with Crippen molar-refractivity contribution in [2.75, 3.05) is 20.2 Å². The first-order valence-electron chi connectivity index (χ1n) is 7.42. The standard InChI is InChI=1S/C17H22N2O3S/c1-17(21,15-4-3-11-23-15)12-19-16(20)18-10-9-13-5-7-14(22-2)8-6-13/h3-8,11,21H,9-10,12H2,1-2H3,(H2,18,19,20). The molecule has 1 unspecified atom stereocenters. The molecule has 0 spiro atoms. The van der Waals surface area contributed by atoms with Gasteiger partial charge in [-0.3, -0.25) is 0 Å². The molecule has 0 aliphatic rings. The van der Waals surface area contributed by atoms with Crippen LogP contribution in [-0.2, 0) is 12.0 Å². The Kier molecular flexibility index (Phi) is 6.01. The summed E-state index contributed by atoms with van der Waals surface area (Å²) in [4.78, 5) is 12.6. The van der Waals surface area contributed by atoms with Gasteiger partial charge in [0, 0.05) is 11.4 Å². The second-order valence-electron chi connectivity index (χ2n) is 5.46. The number of ether oxygens (including phenoxy) is 1. The zero-order chi connectivity index (χ0) is 16.7. The van der Waals surface area contributed by atoms with E-state index in [0.29, 0.717) is 6.54 Å². The summed E-state index contributed by atoms with van der Waals surface area (Å²) in [5, 5.41) is 17.7. The molecular weight excluding hydrogens is 312 g/mol. The highest BCUT2D eigenvalue weighted by Crippen LogP contribution is 2.24. The summed E-state index contributed by atoms with van der Waals surface area (Å²) >= 11 is 1.47. The molecule has 0 aliphatic heterocycles. The lowest BCUT2D eigenvalue weighted by Gasteiger charge is -2.22. The van der Waals surface area contributed by atoms with Crippen LogP contribution in [0.15, 0.2) is 41.8 Å².